The first kappa shape index (κ1) is 24.2. The lowest BCUT2D eigenvalue weighted by atomic mass is 9.76. The Kier molecular flexibility index (Phi) is 7.25. The SMILES string of the molecule is CCC1(C(C)C)CN(c2ccccc2)c2cc(SC)c(O/C=C/C(=O)O)cc2S(=O)(=O)C1. The number of rotatable bonds is 7. The van der Waals surface area contributed by atoms with Crippen LogP contribution in [0.15, 0.2) is 64.6 Å². The third kappa shape index (κ3) is 4.81. The number of thioether (sulfide) groups is 1. The monoisotopic (exact) mass is 475 g/mol. The zero-order valence-corrected chi connectivity index (χ0v) is 20.4. The highest BCUT2D eigenvalue weighted by Gasteiger charge is 2.44. The zero-order valence-electron chi connectivity index (χ0n) is 18.7. The van der Waals surface area contributed by atoms with Gasteiger partial charge in [-0.2, -0.15) is 0 Å². The molecule has 0 fully saturated rings. The summed E-state index contributed by atoms with van der Waals surface area (Å²) >= 11 is 1.42. The standard InChI is InChI=1S/C24H29NO5S2/c1-5-24(17(2)3)15-25(18-9-7-6-8-10-18)19-13-21(31-4)20(30-12-11-23(26)27)14-22(19)32(28,29)16-24/h6-14,17H,5,15-16H2,1-4H3,(H,26,27)/b12-11+. The lowest BCUT2D eigenvalue weighted by Crippen LogP contribution is -2.41. The van der Waals surface area contributed by atoms with Crippen molar-refractivity contribution in [3.8, 4) is 5.75 Å². The van der Waals surface area contributed by atoms with Gasteiger partial charge in [0.1, 0.15) is 5.75 Å². The van der Waals surface area contributed by atoms with Crippen LogP contribution in [-0.2, 0) is 14.6 Å². The van der Waals surface area contributed by atoms with E-state index >= 15 is 0 Å². The van der Waals surface area contributed by atoms with Gasteiger partial charge in [-0.3, -0.25) is 0 Å². The highest BCUT2D eigenvalue weighted by molar-refractivity contribution is 7.98. The van der Waals surface area contributed by atoms with Crippen LogP contribution in [0.3, 0.4) is 0 Å². The van der Waals surface area contributed by atoms with E-state index in [0.29, 0.717) is 18.0 Å². The van der Waals surface area contributed by atoms with Gasteiger partial charge in [-0.05, 0) is 36.8 Å². The van der Waals surface area contributed by atoms with Crippen molar-refractivity contribution in [2.45, 2.75) is 37.0 Å². The second kappa shape index (κ2) is 9.58. The zero-order chi connectivity index (χ0) is 23.5. The van der Waals surface area contributed by atoms with E-state index in [1.54, 1.807) is 0 Å². The summed E-state index contributed by atoms with van der Waals surface area (Å²) in [5.41, 5.74) is 1.11. The van der Waals surface area contributed by atoms with Crippen LogP contribution >= 0.6 is 11.8 Å². The molecule has 0 spiro atoms. The van der Waals surface area contributed by atoms with Gasteiger partial charge < -0.3 is 14.7 Å². The number of hydrogen-bond donors (Lipinski definition) is 1. The summed E-state index contributed by atoms with van der Waals surface area (Å²) < 4.78 is 32.9. The molecule has 0 saturated carbocycles. The Hall–Kier alpha value is -2.45. The van der Waals surface area contributed by atoms with Crippen LogP contribution in [0.2, 0.25) is 0 Å². The molecule has 3 rings (SSSR count). The lowest BCUT2D eigenvalue weighted by Gasteiger charge is -2.39. The number of sulfone groups is 1. The van der Waals surface area contributed by atoms with Gasteiger partial charge in [0.2, 0.25) is 0 Å². The van der Waals surface area contributed by atoms with E-state index < -0.39 is 21.2 Å². The van der Waals surface area contributed by atoms with Gasteiger partial charge in [-0.25, -0.2) is 13.2 Å². The molecule has 0 saturated heterocycles. The molecule has 2 aromatic carbocycles. The maximum Gasteiger partial charge on any atom is 0.331 e. The normalized spacial score (nSPS) is 20.2. The minimum absolute atomic E-state index is 0.0352. The van der Waals surface area contributed by atoms with E-state index in [0.717, 1.165) is 29.3 Å². The summed E-state index contributed by atoms with van der Waals surface area (Å²) in [7, 11) is -3.64. The number of nitrogens with zero attached hydrogens (tertiary/aromatic N) is 1. The largest absolute Gasteiger partial charge is 0.478 e. The van der Waals surface area contributed by atoms with E-state index in [1.165, 1.54) is 17.8 Å². The quantitative estimate of drug-likeness (QED) is 0.328. The first-order chi connectivity index (χ1) is 15.1. The molecule has 8 heteroatoms. The predicted octanol–water partition coefficient (Wildman–Crippen LogP) is 5.36. The number of carbonyl (C=O) groups is 1. The Bertz CT molecular complexity index is 1110. The van der Waals surface area contributed by atoms with Crippen LogP contribution in [0.25, 0.3) is 0 Å². The molecule has 1 unspecified atom stereocenters. The van der Waals surface area contributed by atoms with E-state index in [1.807, 2.05) is 49.6 Å². The number of fused-ring (bicyclic) bond motifs is 1. The van der Waals surface area contributed by atoms with Crippen LogP contribution in [0, 0.1) is 11.3 Å². The van der Waals surface area contributed by atoms with Crippen LogP contribution in [0.5, 0.6) is 5.75 Å². The Morgan fingerprint density at radius 2 is 1.97 bits per heavy atom. The molecule has 0 bridgehead atoms. The van der Waals surface area contributed by atoms with E-state index in [9.17, 15) is 13.2 Å². The van der Waals surface area contributed by atoms with E-state index in [4.69, 9.17) is 9.84 Å². The maximum atomic E-state index is 13.7. The highest BCUT2D eigenvalue weighted by Crippen LogP contribution is 2.47. The fourth-order valence-corrected chi connectivity index (χ4v) is 6.97. The van der Waals surface area contributed by atoms with E-state index in [2.05, 4.69) is 18.7 Å². The highest BCUT2D eigenvalue weighted by atomic mass is 32.2. The van der Waals surface area contributed by atoms with Crippen LogP contribution in [0.4, 0.5) is 11.4 Å². The Morgan fingerprint density at radius 1 is 1.28 bits per heavy atom. The molecule has 1 heterocycles. The van der Waals surface area contributed by atoms with Gasteiger partial charge >= 0.3 is 5.97 Å². The molecule has 172 valence electrons. The van der Waals surface area contributed by atoms with Crippen LogP contribution < -0.4 is 9.64 Å². The van der Waals surface area contributed by atoms with Crippen molar-refractivity contribution in [1.29, 1.82) is 0 Å². The number of carboxylic acid groups (broad SMARTS) is 1. The Morgan fingerprint density at radius 3 is 2.53 bits per heavy atom. The summed E-state index contributed by atoms with van der Waals surface area (Å²) in [4.78, 5) is 13.8. The molecule has 0 amide bonds. The smallest absolute Gasteiger partial charge is 0.331 e. The average Bonchev–Trinajstić information content (AvgIpc) is 2.86. The number of aliphatic carboxylic acids is 1. The van der Waals surface area contributed by atoms with E-state index in [-0.39, 0.29) is 16.6 Å². The molecule has 1 aliphatic rings. The number of benzene rings is 2. The maximum absolute atomic E-state index is 13.7. The molecular weight excluding hydrogens is 446 g/mol. The van der Waals surface area contributed by atoms with Gasteiger partial charge in [0.15, 0.2) is 9.84 Å². The number of para-hydroxylation sites is 1. The number of carboxylic acids is 1. The molecule has 1 aliphatic heterocycles. The molecule has 0 radical (unpaired) electrons. The molecule has 2 aromatic rings. The minimum atomic E-state index is -3.64. The minimum Gasteiger partial charge on any atom is -0.478 e. The second-order valence-corrected chi connectivity index (χ2v) is 11.1. The number of ether oxygens (including phenoxy) is 1. The average molecular weight is 476 g/mol. The van der Waals surface area contributed by atoms with Crippen molar-refractivity contribution in [2.75, 3.05) is 23.5 Å². The Balaban J connectivity index is 2.27. The van der Waals surface area contributed by atoms with Crippen molar-refractivity contribution >= 4 is 38.9 Å². The summed E-state index contributed by atoms with van der Waals surface area (Å²) in [6, 6.07) is 13.2. The summed E-state index contributed by atoms with van der Waals surface area (Å²) in [6.45, 7) is 6.78. The first-order valence-electron chi connectivity index (χ1n) is 10.5. The summed E-state index contributed by atoms with van der Waals surface area (Å²) in [5.74, 6) is -0.637. The van der Waals surface area contributed by atoms with Gasteiger partial charge in [-0.1, -0.05) is 39.0 Å². The lowest BCUT2D eigenvalue weighted by molar-refractivity contribution is -0.131. The molecule has 0 aliphatic carbocycles. The van der Waals surface area contributed by atoms with Gasteiger partial charge in [0, 0.05) is 23.7 Å². The summed E-state index contributed by atoms with van der Waals surface area (Å²) in [5, 5.41) is 8.85. The van der Waals surface area contributed by atoms with Crippen molar-refractivity contribution in [2.24, 2.45) is 11.3 Å². The van der Waals surface area contributed by atoms with Crippen molar-refractivity contribution in [1.82, 2.24) is 0 Å². The third-order valence-electron chi connectivity index (χ3n) is 6.22. The van der Waals surface area contributed by atoms with Gasteiger partial charge in [0.25, 0.3) is 0 Å². The van der Waals surface area contributed by atoms with Gasteiger partial charge in [-0.15, -0.1) is 11.8 Å². The van der Waals surface area contributed by atoms with Gasteiger partial charge in [0.05, 0.1) is 33.6 Å². The fraction of sp³-hybridized carbons (Fsp3) is 0.375. The predicted molar refractivity (Wildman–Crippen MR) is 129 cm³/mol. The molecule has 6 nitrogen and oxygen atoms in total. The molecular formula is C24H29NO5S2. The molecule has 1 N–H and O–H groups in total. The number of hydrogen-bond acceptors (Lipinski definition) is 6. The number of anilines is 2. The van der Waals surface area contributed by atoms with Crippen molar-refractivity contribution in [3.63, 3.8) is 0 Å². The fourth-order valence-electron chi connectivity index (χ4n) is 4.12. The van der Waals surface area contributed by atoms with Crippen molar-refractivity contribution in [3.05, 3.63) is 54.8 Å². The molecule has 1 atom stereocenters. The van der Waals surface area contributed by atoms with Crippen LogP contribution in [-0.4, -0.2) is 38.0 Å². The topological polar surface area (TPSA) is 83.9 Å². The third-order valence-corrected chi connectivity index (χ3v) is 8.93. The first-order valence-corrected chi connectivity index (χ1v) is 13.3. The van der Waals surface area contributed by atoms with Crippen LogP contribution in [0.1, 0.15) is 27.2 Å². The summed E-state index contributed by atoms with van der Waals surface area (Å²) in [6.07, 6.45) is 4.53. The molecule has 32 heavy (non-hydrogen) atoms. The molecule has 0 aromatic heterocycles. The second-order valence-electron chi connectivity index (χ2n) is 8.28. The Labute approximate surface area is 194 Å². The van der Waals surface area contributed by atoms with Crippen molar-refractivity contribution < 1.29 is 23.1 Å².